The summed E-state index contributed by atoms with van der Waals surface area (Å²) in [5.74, 6) is 4.08. The smallest absolute Gasteiger partial charge is 0.0304 e. The van der Waals surface area contributed by atoms with Gasteiger partial charge in [-0.1, -0.05) is 13.0 Å². The van der Waals surface area contributed by atoms with Crippen molar-refractivity contribution in [2.45, 2.75) is 51.1 Å². The summed E-state index contributed by atoms with van der Waals surface area (Å²) in [6.45, 7) is 3.61. The molecule has 0 aliphatic heterocycles. The molecule has 1 aromatic rings. The van der Waals surface area contributed by atoms with Crippen molar-refractivity contribution in [1.82, 2.24) is 5.32 Å². The molecular formula is C16H23NS. The maximum absolute atomic E-state index is 3.96. The summed E-state index contributed by atoms with van der Waals surface area (Å²) in [5.41, 5.74) is 0.507. The predicted molar refractivity (Wildman–Crippen MR) is 76.6 cm³/mol. The molecule has 0 radical (unpaired) electrons. The summed E-state index contributed by atoms with van der Waals surface area (Å²) < 4.78 is 0. The third kappa shape index (κ3) is 1.77. The Labute approximate surface area is 114 Å². The fraction of sp³-hybridized carbons (Fsp3) is 0.750. The van der Waals surface area contributed by atoms with Gasteiger partial charge in [-0.3, -0.25) is 0 Å². The minimum Gasteiger partial charge on any atom is -0.306 e. The van der Waals surface area contributed by atoms with E-state index in [1.807, 2.05) is 11.3 Å². The van der Waals surface area contributed by atoms with E-state index in [0.29, 0.717) is 5.54 Å². The third-order valence-corrected chi connectivity index (χ3v) is 6.84. The Hall–Kier alpha value is -0.340. The van der Waals surface area contributed by atoms with E-state index in [9.17, 15) is 0 Å². The number of hydrogen-bond donors (Lipinski definition) is 1. The van der Waals surface area contributed by atoms with Crippen LogP contribution < -0.4 is 5.32 Å². The van der Waals surface area contributed by atoms with Crippen molar-refractivity contribution in [3.05, 3.63) is 22.4 Å². The van der Waals surface area contributed by atoms with Crippen molar-refractivity contribution in [1.29, 1.82) is 0 Å². The van der Waals surface area contributed by atoms with Gasteiger partial charge in [-0.2, -0.15) is 0 Å². The van der Waals surface area contributed by atoms with Gasteiger partial charge in [0.1, 0.15) is 0 Å². The SMILES string of the molecule is CC1C2CC3CC1CC(NCc1cccs1)(C3)C2. The second-order valence-electron chi connectivity index (χ2n) is 7.04. The van der Waals surface area contributed by atoms with Crippen LogP contribution in [0.25, 0.3) is 0 Å². The van der Waals surface area contributed by atoms with Gasteiger partial charge in [0.2, 0.25) is 0 Å². The fourth-order valence-corrected chi connectivity index (χ4v) is 5.83. The zero-order valence-electron chi connectivity index (χ0n) is 11.2. The predicted octanol–water partition coefficient (Wildman–Crippen LogP) is 4.05. The maximum atomic E-state index is 3.96. The highest BCUT2D eigenvalue weighted by Crippen LogP contribution is 2.58. The first-order chi connectivity index (χ1) is 8.74. The van der Waals surface area contributed by atoms with Crippen LogP contribution in [0.4, 0.5) is 0 Å². The van der Waals surface area contributed by atoms with Crippen LogP contribution in [0.1, 0.15) is 43.9 Å². The number of nitrogens with one attached hydrogen (secondary N) is 1. The van der Waals surface area contributed by atoms with Crippen LogP contribution >= 0.6 is 11.3 Å². The Balaban J connectivity index is 1.50. The van der Waals surface area contributed by atoms with Crippen molar-refractivity contribution in [3.8, 4) is 0 Å². The molecule has 1 N–H and O–H groups in total. The molecule has 4 fully saturated rings. The highest BCUT2D eigenvalue weighted by atomic mass is 32.1. The fourth-order valence-electron chi connectivity index (χ4n) is 5.18. The molecule has 4 aliphatic rings. The Morgan fingerprint density at radius 1 is 1.28 bits per heavy atom. The van der Waals surface area contributed by atoms with Crippen molar-refractivity contribution in [3.63, 3.8) is 0 Å². The summed E-state index contributed by atoms with van der Waals surface area (Å²) in [7, 11) is 0. The van der Waals surface area contributed by atoms with Crippen LogP contribution in [0.2, 0.25) is 0 Å². The lowest BCUT2D eigenvalue weighted by atomic mass is 9.49. The molecule has 4 aliphatic carbocycles. The van der Waals surface area contributed by atoms with Gasteiger partial charge in [0, 0.05) is 17.0 Å². The number of rotatable bonds is 3. The van der Waals surface area contributed by atoms with Gasteiger partial charge >= 0.3 is 0 Å². The monoisotopic (exact) mass is 261 g/mol. The van der Waals surface area contributed by atoms with E-state index in [0.717, 1.165) is 30.2 Å². The zero-order valence-corrected chi connectivity index (χ0v) is 12.0. The van der Waals surface area contributed by atoms with Gasteiger partial charge in [-0.25, -0.2) is 0 Å². The molecule has 5 rings (SSSR count). The van der Waals surface area contributed by atoms with Gasteiger partial charge in [0.25, 0.3) is 0 Å². The molecule has 0 aromatic carbocycles. The maximum Gasteiger partial charge on any atom is 0.0304 e. The van der Waals surface area contributed by atoms with E-state index in [1.54, 1.807) is 0 Å². The molecule has 1 nitrogen and oxygen atoms in total. The summed E-state index contributed by atoms with van der Waals surface area (Å²) in [4.78, 5) is 1.50. The molecule has 0 saturated heterocycles. The summed E-state index contributed by atoms with van der Waals surface area (Å²) in [6.07, 6.45) is 7.41. The average Bonchev–Trinajstić information content (AvgIpc) is 2.86. The van der Waals surface area contributed by atoms with E-state index < -0.39 is 0 Å². The van der Waals surface area contributed by atoms with Crippen molar-refractivity contribution in [2.24, 2.45) is 23.7 Å². The molecule has 2 heteroatoms. The van der Waals surface area contributed by atoms with E-state index in [4.69, 9.17) is 0 Å². The van der Waals surface area contributed by atoms with Gasteiger partial charge in [-0.05, 0) is 67.2 Å². The van der Waals surface area contributed by atoms with E-state index in [-0.39, 0.29) is 0 Å². The molecular weight excluding hydrogens is 238 g/mol. The van der Waals surface area contributed by atoms with Gasteiger partial charge in [0.05, 0.1) is 0 Å². The summed E-state index contributed by atoms with van der Waals surface area (Å²) >= 11 is 1.89. The number of thiophene rings is 1. The van der Waals surface area contributed by atoms with Crippen LogP contribution in [0.3, 0.4) is 0 Å². The van der Waals surface area contributed by atoms with Crippen LogP contribution in [-0.4, -0.2) is 5.54 Å². The lowest BCUT2D eigenvalue weighted by Crippen LogP contribution is -2.60. The lowest BCUT2D eigenvalue weighted by Gasteiger charge is -2.60. The van der Waals surface area contributed by atoms with Crippen molar-refractivity contribution in [2.75, 3.05) is 0 Å². The molecule has 4 bridgehead atoms. The third-order valence-electron chi connectivity index (χ3n) is 5.96. The quantitative estimate of drug-likeness (QED) is 0.865. The normalized spacial score (nSPS) is 45.6. The average molecular weight is 261 g/mol. The van der Waals surface area contributed by atoms with Gasteiger partial charge in [-0.15, -0.1) is 11.3 Å². The Morgan fingerprint density at radius 3 is 2.72 bits per heavy atom. The summed E-state index contributed by atoms with van der Waals surface area (Å²) in [5, 5.41) is 6.15. The van der Waals surface area contributed by atoms with E-state index >= 15 is 0 Å². The lowest BCUT2D eigenvalue weighted by molar-refractivity contribution is -0.0604. The molecule has 1 heterocycles. The molecule has 2 unspecified atom stereocenters. The minimum absolute atomic E-state index is 0.507. The molecule has 2 atom stereocenters. The second-order valence-corrected chi connectivity index (χ2v) is 8.07. The van der Waals surface area contributed by atoms with Crippen LogP contribution in [0.15, 0.2) is 17.5 Å². The highest BCUT2D eigenvalue weighted by Gasteiger charge is 2.53. The van der Waals surface area contributed by atoms with Gasteiger partial charge < -0.3 is 5.32 Å². The minimum atomic E-state index is 0.507. The van der Waals surface area contributed by atoms with Crippen LogP contribution in [-0.2, 0) is 6.54 Å². The van der Waals surface area contributed by atoms with Crippen molar-refractivity contribution < 1.29 is 0 Å². The Kier molecular flexibility index (Phi) is 2.60. The molecule has 18 heavy (non-hydrogen) atoms. The Bertz CT molecular complexity index is 408. The topological polar surface area (TPSA) is 12.0 Å². The van der Waals surface area contributed by atoms with E-state index in [2.05, 4.69) is 29.8 Å². The first-order valence-corrected chi connectivity index (χ1v) is 8.39. The molecule has 1 aromatic heterocycles. The first-order valence-electron chi connectivity index (χ1n) is 7.51. The van der Waals surface area contributed by atoms with E-state index in [1.165, 1.54) is 37.0 Å². The largest absolute Gasteiger partial charge is 0.306 e. The molecule has 0 amide bonds. The molecule has 98 valence electrons. The zero-order chi connectivity index (χ0) is 12.2. The van der Waals surface area contributed by atoms with Crippen LogP contribution in [0.5, 0.6) is 0 Å². The summed E-state index contributed by atoms with van der Waals surface area (Å²) in [6, 6.07) is 4.43. The number of hydrogen-bond acceptors (Lipinski definition) is 2. The second kappa shape index (κ2) is 4.08. The molecule has 0 spiro atoms. The molecule has 4 saturated carbocycles. The van der Waals surface area contributed by atoms with Crippen molar-refractivity contribution >= 4 is 11.3 Å². The first kappa shape index (κ1) is 11.5. The van der Waals surface area contributed by atoms with Crippen LogP contribution in [0, 0.1) is 23.7 Å². The standard InChI is InChI=1S/C16H23NS/c1-11-13-5-12-6-14(11)9-16(7-12,8-13)17-10-15-3-2-4-18-15/h2-4,11-14,17H,5-10H2,1H3. The van der Waals surface area contributed by atoms with Gasteiger partial charge in [0.15, 0.2) is 0 Å². The Morgan fingerprint density at radius 2 is 2.06 bits per heavy atom. The highest BCUT2D eigenvalue weighted by molar-refractivity contribution is 7.09.